The predicted molar refractivity (Wildman–Crippen MR) is 92.0 cm³/mol. The van der Waals surface area contributed by atoms with Gasteiger partial charge in [-0.25, -0.2) is 0 Å². The SMILES string of the molecule is Cc1ccc(CC(N)C(C)(C)N2CCCCCC2)c(Cl)c1. The molecule has 2 rings (SSSR count). The highest BCUT2D eigenvalue weighted by Gasteiger charge is 2.33. The van der Waals surface area contributed by atoms with Gasteiger partial charge in [0, 0.05) is 16.6 Å². The van der Waals surface area contributed by atoms with Crippen LogP contribution >= 0.6 is 11.6 Å². The summed E-state index contributed by atoms with van der Waals surface area (Å²) in [6, 6.07) is 6.36. The van der Waals surface area contributed by atoms with E-state index in [4.69, 9.17) is 17.3 Å². The summed E-state index contributed by atoms with van der Waals surface area (Å²) >= 11 is 6.37. The summed E-state index contributed by atoms with van der Waals surface area (Å²) in [5.74, 6) is 0. The second kappa shape index (κ2) is 7.13. The molecular weight excluding hydrogens is 280 g/mol. The molecule has 2 N–H and O–H groups in total. The number of rotatable bonds is 4. The summed E-state index contributed by atoms with van der Waals surface area (Å²) in [4.78, 5) is 2.58. The monoisotopic (exact) mass is 308 g/mol. The van der Waals surface area contributed by atoms with Gasteiger partial charge in [0.25, 0.3) is 0 Å². The molecule has 0 radical (unpaired) electrons. The number of benzene rings is 1. The maximum atomic E-state index is 6.57. The van der Waals surface area contributed by atoms with Gasteiger partial charge in [0.15, 0.2) is 0 Å². The Labute approximate surface area is 134 Å². The third-order valence-electron chi connectivity index (χ3n) is 4.98. The molecule has 1 fully saturated rings. The summed E-state index contributed by atoms with van der Waals surface area (Å²) < 4.78 is 0. The van der Waals surface area contributed by atoms with Crippen molar-refractivity contribution in [2.45, 2.75) is 64.5 Å². The van der Waals surface area contributed by atoms with Gasteiger partial charge in [0.2, 0.25) is 0 Å². The van der Waals surface area contributed by atoms with Crippen molar-refractivity contribution in [1.29, 1.82) is 0 Å². The van der Waals surface area contributed by atoms with E-state index in [-0.39, 0.29) is 11.6 Å². The highest BCUT2D eigenvalue weighted by Crippen LogP contribution is 2.26. The molecule has 1 unspecified atom stereocenters. The molecule has 0 aliphatic carbocycles. The molecule has 118 valence electrons. The van der Waals surface area contributed by atoms with E-state index in [1.807, 2.05) is 6.07 Å². The first-order chi connectivity index (χ1) is 9.91. The zero-order valence-electron chi connectivity index (χ0n) is 13.7. The van der Waals surface area contributed by atoms with Crippen LogP contribution in [0.25, 0.3) is 0 Å². The molecule has 0 amide bonds. The van der Waals surface area contributed by atoms with Crippen LogP contribution in [0.1, 0.15) is 50.7 Å². The van der Waals surface area contributed by atoms with Gasteiger partial charge in [-0.15, -0.1) is 0 Å². The van der Waals surface area contributed by atoms with Gasteiger partial charge in [-0.3, -0.25) is 4.90 Å². The number of nitrogens with zero attached hydrogens (tertiary/aromatic N) is 1. The lowest BCUT2D eigenvalue weighted by Crippen LogP contribution is -2.57. The van der Waals surface area contributed by atoms with E-state index in [0.29, 0.717) is 0 Å². The van der Waals surface area contributed by atoms with Crippen molar-refractivity contribution in [3.8, 4) is 0 Å². The lowest BCUT2D eigenvalue weighted by Gasteiger charge is -2.42. The highest BCUT2D eigenvalue weighted by molar-refractivity contribution is 6.31. The smallest absolute Gasteiger partial charge is 0.0441 e. The van der Waals surface area contributed by atoms with E-state index >= 15 is 0 Å². The van der Waals surface area contributed by atoms with Gasteiger partial charge in [0.05, 0.1) is 0 Å². The minimum absolute atomic E-state index is 0.0125. The van der Waals surface area contributed by atoms with Crippen LogP contribution in [0, 0.1) is 6.92 Å². The van der Waals surface area contributed by atoms with E-state index in [1.54, 1.807) is 0 Å². The van der Waals surface area contributed by atoms with Gasteiger partial charge < -0.3 is 5.73 Å². The molecule has 1 heterocycles. The number of halogens is 1. The molecule has 21 heavy (non-hydrogen) atoms. The third kappa shape index (κ3) is 4.21. The molecular formula is C18H29ClN2. The summed E-state index contributed by atoms with van der Waals surface area (Å²) in [5, 5.41) is 0.845. The largest absolute Gasteiger partial charge is 0.326 e. The Morgan fingerprint density at radius 3 is 2.38 bits per heavy atom. The standard InChI is InChI=1S/C18H29ClN2/c1-14-8-9-15(16(19)12-14)13-17(20)18(2,3)21-10-6-4-5-7-11-21/h8-9,12,17H,4-7,10-11,13,20H2,1-3H3. The quantitative estimate of drug-likeness (QED) is 0.904. The van der Waals surface area contributed by atoms with Gasteiger partial charge >= 0.3 is 0 Å². The van der Waals surface area contributed by atoms with Gasteiger partial charge in [-0.05, 0) is 70.3 Å². The highest BCUT2D eigenvalue weighted by atomic mass is 35.5. The van der Waals surface area contributed by atoms with Crippen LogP contribution in [0.4, 0.5) is 0 Å². The Kier molecular flexibility index (Phi) is 5.70. The number of hydrogen-bond acceptors (Lipinski definition) is 2. The fraction of sp³-hybridized carbons (Fsp3) is 0.667. The molecule has 2 nitrogen and oxygen atoms in total. The Hall–Kier alpha value is -0.570. The molecule has 0 spiro atoms. The van der Waals surface area contributed by atoms with Crippen LogP contribution in [0.5, 0.6) is 0 Å². The minimum atomic E-state index is 0.0125. The van der Waals surface area contributed by atoms with E-state index in [9.17, 15) is 0 Å². The van der Waals surface area contributed by atoms with Crippen LogP contribution in [0.3, 0.4) is 0 Å². The molecule has 1 aromatic rings. The molecule has 1 aliphatic heterocycles. The lowest BCUT2D eigenvalue weighted by atomic mass is 9.87. The average molecular weight is 309 g/mol. The van der Waals surface area contributed by atoms with Crippen molar-refractivity contribution < 1.29 is 0 Å². The van der Waals surface area contributed by atoms with Crippen LogP contribution in [-0.2, 0) is 6.42 Å². The number of nitrogens with two attached hydrogens (primary N) is 1. The zero-order chi connectivity index (χ0) is 15.5. The normalized spacial score (nSPS) is 19.3. The number of likely N-dealkylation sites (tertiary alicyclic amines) is 1. The first-order valence-corrected chi connectivity index (χ1v) is 8.54. The van der Waals surface area contributed by atoms with Crippen LogP contribution in [0.2, 0.25) is 5.02 Å². The lowest BCUT2D eigenvalue weighted by molar-refractivity contribution is 0.0979. The summed E-state index contributed by atoms with van der Waals surface area (Å²) in [6.45, 7) is 8.97. The summed E-state index contributed by atoms with van der Waals surface area (Å²) in [5.41, 5.74) is 8.95. The fourth-order valence-corrected chi connectivity index (χ4v) is 3.50. The number of aryl methyl sites for hydroxylation is 1. The second-order valence-electron chi connectivity index (χ2n) is 6.96. The summed E-state index contributed by atoms with van der Waals surface area (Å²) in [7, 11) is 0. The molecule has 0 aromatic heterocycles. The Balaban J connectivity index is 2.07. The van der Waals surface area contributed by atoms with E-state index < -0.39 is 0 Å². The van der Waals surface area contributed by atoms with Crippen LogP contribution < -0.4 is 5.73 Å². The Morgan fingerprint density at radius 2 is 1.81 bits per heavy atom. The molecule has 1 atom stereocenters. The van der Waals surface area contributed by atoms with Crippen molar-refractivity contribution in [3.05, 3.63) is 34.3 Å². The Morgan fingerprint density at radius 1 is 1.19 bits per heavy atom. The predicted octanol–water partition coefficient (Wildman–Crippen LogP) is 4.17. The minimum Gasteiger partial charge on any atom is -0.326 e. The van der Waals surface area contributed by atoms with Gasteiger partial charge in [0.1, 0.15) is 0 Å². The van der Waals surface area contributed by atoms with Crippen LogP contribution in [-0.4, -0.2) is 29.6 Å². The molecule has 0 bridgehead atoms. The van der Waals surface area contributed by atoms with Gasteiger partial charge in [-0.2, -0.15) is 0 Å². The van der Waals surface area contributed by atoms with Crippen molar-refractivity contribution in [2.24, 2.45) is 5.73 Å². The number of hydrogen-bond donors (Lipinski definition) is 1. The molecule has 1 saturated heterocycles. The van der Waals surface area contributed by atoms with Crippen molar-refractivity contribution in [2.75, 3.05) is 13.1 Å². The van der Waals surface area contributed by atoms with E-state index in [2.05, 4.69) is 37.8 Å². The summed E-state index contributed by atoms with van der Waals surface area (Å²) in [6.07, 6.45) is 6.13. The van der Waals surface area contributed by atoms with Crippen molar-refractivity contribution in [1.82, 2.24) is 4.90 Å². The van der Waals surface area contributed by atoms with E-state index in [1.165, 1.54) is 44.3 Å². The third-order valence-corrected chi connectivity index (χ3v) is 5.33. The zero-order valence-corrected chi connectivity index (χ0v) is 14.4. The first-order valence-electron chi connectivity index (χ1n) is 8.17. The topological polar surface area (TPSA) is 29.3 Å². The molecule has 1 aliphatic rings. The fourth-order valence-electron chi connectivity index (χ4n) is 3.19. The molecule has 0 saturated carbocycles. The Bertz CT molecular complexity index is 462. The van der Waals surface area contributed by atoms with Gasteiger partial charge in [-0.1, -0.05) is 36.6 Å². The van der Waals surface area contributed by atoms with Crippen molar-refractivity contribution >= 4 is 11.6 Å². The van der Waals surface area contributed by atoms with E-state index in [0.717, 1.165) is 17.0 Å². The maximum absolute atomic E-state index is 6.57. The molecule has 3 heteroatoms. The maximum Gasteiger partial charge on any atom is 0.0441 e. The first kappa shape index (κ1) is 16.8. The molecule has 1 aromatic carbocycles. The second-order valence-corrected chi connectivity index (χ2v) is 7.37. The van der Waals surface area contributed by atoms with Crippen LogP contribution in [0.15, 0.2) is 18.2 Å². The average Bonchev–Trinajstić information content (AvgIpc) is 2.71. The van der Waals surface area contributed by atoms with Crippen molar-refractivity contribution in [3.63, 3.8) is 0 Å².